The van der Waals surface area contributed by atoms with Gasteiger partial charge in [0, 0.05) is 123 Å². The molecule has 4 aromatic carbocycles. The van der Waals surface area contributed by atoms with Crippen LogP contribution in [-0.2, 0) is 51.7 Å². The predicted molar refractivity (Wildman–Crippen MR) is 280 cm³/mol. The van der Waals surface area contributed by atoms with Crippen molar-refractivity contribution in [1.29, 1.82) is 0 Å². The van der Waals surface area contributed by atoms with Crippen LogP contribution in [0.1, 0.15) is 107 Å². The first-order valence-corrected chi connectivity index (χ1v) is 24.7. The summed E-state index contributed by atoms with van der Waals surface area (Å²) in [5.74, 6) is 1.09. The van der Waals surface area contributed by atoms with Crippen LogP contribution in [0.5, 0.6) is 0 Å². The van der Waals surface area contributed by atoms with Crippen LogP contribution >= 0.6 is 0 Å². The zero-order chi connectivity index (χ0) is 49.2. The molecule has 0 saturated heterocycles. The van der Waals surface area contributed by atoms with Crippen molar-refractivity contribution in [3.8, 4) is 22.5 Å². The van der Waals surface area contributed by atoms with Crippen molar-refractivity contribution in [2.24, 2.45) is 23.7 Å². The van der Waals surface area contributed by atoms with Gasteiger partial charge in [0.15, 0.2) is 11.6 Å². The third-order valence-corrected chi connectivity index (χ3v) is 13.6. The average Bonchev–Trinajstić information content (AvgIpc) is 4.07. The maximum Gasteiger partial charge on any atom is 0.162 e. The van der Waals surface area contributed by atoms with Crippen molar-refractivity contribution in [2.45, 2.75) is 107 Å². The van der Waals surface area contributed by atoms with E-state index in [1.807, 2.05) is 153 Å². The Bertz CT molecular complexity index is 3060. The van der Waals surface area contributed by atoms with Crippen molar-refractivity contribution in [3.05, 3.63) is 133 Å². The fraction of sp³-hybridized carbons (Fsp3) is 0.333. The number of carbonyl (C=O) groups excluding carboxylic acids is 2. The largest absolute Gasteiger partial charge is 0.545 e. The number of benzene rings is 4. The van der Waals surface area contributed by atoms with Crippen LogP contribution < -0.4 is 0 Å². The number of para-hydroxylation sites is 2. The van der Waals surface area contributed by atoms with Gasteiger partial charge in [-0.15, -0.1) is 36.4 Å². The number of nitrogens with zero attached hydrogens (tertiary/aromatic N) is 2. The fourth-order valence-electron chi connectivity index (χ4n) is 9.16. The summed E-state index contributed by atoms with van der Waals surface area (Å²) in [5, 5.41) is 25.5. The molecule has 9 aromatic rings. The Morgan fingerprint density at radius 3 is 1.18 bits per heavy atom. The summed E-state index contributed by atoms with van der Waals surface area (Å²) in [7, 11) is 0. The van der Waals surface area contributed by atoms with E-state index < -0.39 is 0 Å². The second-order valence-electron chi connectivity index (χ2n) is 17.6. The Morgan fingerprint density at radius 2 is 0.831 bits per heavy atom. The number of pyridine rings is 2. The molecular weight excluding hydrogens is 1250 g/mol. The van der Waals surface area contributed by atoms with Gasteiger partial charge in [0.1, 0.15) is 22.3 Å². The number of aliphatic hydroxyl groups is 2. The number of carbonyl (C=O) groups is 2. The number of hydrogen-bond donors (Lipinski definition) is 2. The predicted octanol–water partition coefficient (Wildman–Crippen LogP) is 16.8. The van der Waals surface area contributed by atoms with E-state index in [9.17, 15) is 19.8 Å². The van der Waals surface area contributed by atoms with Crippen molar-refractivity contribution >= 4 is 77.4 Å². The summed E-state index contributed by atoms with van der Waals surface area (Å²) < 4.78 is 18.8. The maximum absolute atomic E-state index is 11.7. The van der Waals surface area contributed by atoms with Gasteiger partial charge in [-0.05, 0) is 87.0 Å². The number of fused-ring (bicyclic) bond motifs is 9. The Balaban J connectivity index is 0.000000246. The molecule has 9 nitrogen and oxygen atoms in total. The molecule has 0 aliphatic rings. The van der Waals surface area contributed by atoms with E-state index in [1.165, 1.54) is 12.2 Å². The standard InChI is InChI=1S/C34H16N2O3.2C13H24O2.2Pt/c1-3-13-29-19(7-1)25-17-35-27(15-31(25)37-29)23-11-5-9-21-22-10-6-12-24(34(22)39-33(21)23)28-16-32-26(18-36-28)20-8-2-4-14-30(20)38-32;2*1-5-10(6-2)12(14)9-13(15)11(7-3)8-4;;/h1-10,13-18H;2*9-11,14H,5-8H2,1-4H3;;/q-2;;;;/b;2*12-9-;;. The van der Waals surface area contributed by atoms with Crippen LogP contribution in [0.25, 0.3) is 88.3 Å². The fourth-order valence-corrected chi connectivity index (χ4v) is 9.16. The summed E-state index contributed by atoms with van der Waals surface area (Å²) in [5.41, 5.74) is 7.67. The Morgan fingerprint density at radius 1 is 0.479 bits per heavy atom. The average molecular weight is 1320 g/mol. The normalized spacial score (nSPS) is 11.9. The van der Waals surface area contributed by atoms with Crippen LogP contribution in [0.2, 0.25) is 0 Å². The Hall–Kier alpha value is -5.62. The molecule has 0 fully saturated rings. The topological polar surface area (TPSA) is 140 Å². The first-order chi connectivity index (χ1) is 33.5. The molecule has 0 saturated carbocycles. The molecule has 378 valence electrons. The zero-order valence-corrected chi connectivity index (χ0v) is 46.4. The molecule has 0 bridgehead atoms. The molecule has 71 heavy (non-hydrogen) atoms. The van der Waals surface area contributed by atoms with E-state index in [-0.39, 0.29) is 88.9 Å². The van der Waals surface area contributed by atoms with Gasteiger partial charge in [0.2, 0.25) is 0 Å². The number of aromatic nitrogens is 2. The monoisotopic (exact) mass is 1310 g/mol. The summed E-state index contributed by atoms with van der Waals surface area (Å²) >= 11 is 0. The third-order valence-electron chi connectivity index (χ3n) is 13.6. The molecule has 9 rings (SSSR count). The van der Waals surface area contributed by atoms with Crippen LogP contribution in [0, 0.1) is 35.8 Å². The van der Waals surface area contributed by atoms with Crippen molar-refractivity contribution < 1.29 is 75.2 Å². The van der Waals surface area contributed by atoms with Gasteiger partial charge in [-0.25, -0.2) is 0 Å². The number of hydrogen-bond acceptors (Lipinski definition) is 9. The number of aliphatic hydroxyl groups excluding tert-OH is 2. The molecule has 0 unspecified atom stereocenters. The third kappa shape index (κ3) is 12.4. The van der Waals surface area contributed by atoms with Crippen LogP contribution in [0.3, 0.4) is 0 Å². The van der Waals surface area contributed by atoms with E-state index in [1.54, 1.807) is 0 Å². The van der Waals surface area contributed by atoms with Crippen LogP contribution in [0.4, 0.5) is 0 Å². The molecular formula is C60H64N2O7Pt2-2. The molecule has 0 radical (unpaired) electrons. The van der Waals surface area contributed by atoms with Gasteiger partial charge in [0.05, 0.1) is 11.5 Å². The summed E-state index contributed by atoms with van der Waals surface area (Å²) in [6, 6.07) is 34.4. The molecule has 2 N–H and O–H groups in total. The SMILES string of the molecule is CCC(CC)C(=O)/C=C(\O)C(CC)CC.CCC(CC)C(=O)/C=C(\O)C(CC)CC.[Pt].[Pt].[c-]1ccc2c(oc3c(-c4cc5oc6ccccc6c5cn4)[c-]ccc32)c1-c1cc2oc3ccccc3c2cn1. The molecule has 0 amide bonds. The minimum atomic E-state index is 0. The molecule has 0 aliphatic carbocycles. The van der Waals surface area contributed by atoms with Crippen molar-refractivity contribution in [2.75, 3.05) is 0 Å². The van der Waals surface area contributed by atoms with E-state index >= 15 is 0 Å². The van der Waals surface area contributed by atoms with Gasteiger partial charge < -0.3 is 33.4 Å². The second-order valence-corrected chi connectivity index (χ2v) is 17.6. The summed E-state index contributed by atoms with van der Waals surface area (Å²) in [6.07, 6.45) is 13.5. The summed E-state index contributed by atoms with van der Waals surface area (Å²) in [6.45, 7) is 16.1. The van der Waals surface area contributed by atoms with Gasteiger partial charge in [-0.1, -0.05) is 114 Å². The quantitative estimate of drug-likeness (QED) is 0.0550. The molecule has 0 aliphatic heterocycles. The second kappa shape index (κ2) is 26.2. The van der Waals surface area contributed by atoms with Gasteiger partial charge in [-0.3, -0.25) is 9.59 Å². The molecule has 5 heterocycles. The maximum atomic E-state index is 11.7. The van der Waals surface area contributed by atoms with E-state index in [2.05, 4.69) is 12.1 Å². The van der Waals surface area contributed by atoms with Gasteiger partial charge in [0.25, 0.3) is 0 Å². The first-order valence-electron chi connectivity index (χ1n) is 24.7. The molecule has 11 heteroatoms. The molecule has 5 aromatic heterocycles. The number of rotatable bonds is 16. The number of furan rings is 3. The van der Waals surface area contributed by atoms with Crippen molar-refractivity contribution in [3.63, 3.8) is 0 Å². The van der Waals surface area contributed by atoms with Crippen LogP contribution in [-0.4, -0.2) is 31.7 Å². The zero-order valence-electron chi connectivity index (χ0n) is 41.8. The van der Waals surface area contributed by atoms with Crippen molar-refractivity contribution in [1.82, 2.24) is 9.97 Å². The first kappa shape index (κ1) is 56.3. The Labute approximate surface area is 445 Å². The number of ketones is 2. The number of allylic oxidation sites excluding steroid dienone is 4. The van der Waals surface area contributed by atoms with Gasteiger partial charge >= 0.3 is 0 Å². The van der Waals surface area contributed by atoms with E-state index in [0.29, 0.717) is 11.2 Å². The Kier molecular flexibility index (Phi) is 20.8. The van der Waals surface area contributed by atoms with E-state index in [0.717, 1.165) is 129 Å². The van der Waals surface area contributed by atoms with Gasteiger partial charge in [-0.2, -0.15) is 0 Å². The van der Waals surface area contributed by atoms with E-state index in [4.69, 9.17) is 23.2 Å². The molecule has 0 atom stereocenters. The smallest absolute Gasteiger partial charge is 0.162 e. The van der Waals surface area contributed by atoms with Crippen LogP contribution in [0.15, 0.2) is 134 Å². The summed E-state index contributed by atoms with van der Waals surface area (Å²) in [4.78, 5) is 33.0. The molecule has 0 spiro atoms. The minimum Gasteiger partial charge on any atom is -0.545 e. The minimum absolute atomic E-state index is 0.